The third-order valence-corrected chi connectivity index (χ3v) is 2.45. The molecule has 3 N–H and O–H groups in total. The van der Waals surface area contributed by atoms with Crippen LogP contribution in [0.2, 0.25) is 0 Å². The van der Waals surface area contributed by atoms with E-state index in [1.807, 2.05) is 52.0 Å². The molecule has 0 heterocycles. The molecule has 4 heteroatoms. The van der Waals surface area contributed by atoms with Crippen molar-refractivity contribution in [1.82, 2.24) is 5.32 Å². The Kier molecular flexibility index (Phi) is 4.73. The molecule has 1 aromatic rings. The highest BCUT2D eigenvalue weighted by Crippen LogP contribution is 2.14. The van der Waals surface area contributed by atoms with Crippen LogP contribution >= 0.6 is 0 Å². The number of nitrogens with two attached hydrogens (primary N) is 1. The zero-order valence-corrected chi connectivity index (χ0v) is 11.5. The Balaban J connectivity index is 2.59. The van der Waals surface area contributed by atoms with Crippen molar-refractivity contribution >= 4 is 6.09 Å². The second-order valence-electron chi connectivity index (χ2n) is 5.31. The molecular weight excluding hydrogens is 228 g/mol. The lowest BCUT2D eigenvalue weighted by molar-refractivity contribution is 0.0508. The fraction of sp³-hybridized carbons (Fsp3) is 0.500. The Hall–Kier alpha value is -1.55. The van der Waals surface area contributed by atoms with Crippen molar-refractivity contribution in [3.05, 3.63) is 35.4 Å². The Bertz CT molecular complexity index is 393. The number of amides is 1. The molecule has 0 fully saturated rings. The van der Waals surface area contributed by atoms with Crippen molar-refractivity contribution in [1.29, 1.82) is 0 Å². The molecule has 0 bridgehead atoms. The van der Waals surface area contributed by atoms with Crippen molar-refractivity contribution in [3.8, 4) is 0 Å². The van der Waals surface area contributed by atoms with Crippen LogP contribution in [0.3, 0.4) is 0 Å². The Morgan fingerprint density at radius 3 is 2.33 bits per heavy atom. The number of carbonyl (C=O) groups excluding carboxylic acids is 1. The predicted octanol–water partition coefficient (Wildman–Crippen LogP) is 2.73. The molecule has 0 aromatic heterocycles. The minimum atomic E-state index is -0.479. The van der Waals surface area contributed by atoms with Gasteiger partial charge in [0, 0.05) is 6.54 Å². The highest BCUT2D eigenvalue weighted by atomic mass is 16.6. The summed E-state index contributed by atoms with van der Waals surface area (Å²) in [5, 5.41) is 2.80. The number of nitrogens with one attached hydrogen (secondary N) is 1. The normalized spacial score (nSPS) is 12.9. The van der Waals surface area contributed by atoms with Crippen LogP contribution in [-0.2, 0) is 11.3 Å². The lowest BCUT2D eigenvalue weighted by atomic mass is 10.1. The van der Waals surface area contributed by atoms with E-state index in [9.17, 15) is 4.79 Å². The molecule has 0 unspecified atom stereocenters. The summed E-state index contributed by atoms with van der Waals surface area (Å²) in [5.74, 6) is 0. The highest BCUT2D eigenvalue weighted by Gasteiger charge is 2.18. The van der Waals surface area contributed by atoms with Crippen LogP contribution in [0.15, 0.2) is 24.3 Å². The molecule has 0 aliphatic rings. The van der Waals surface area contributed by atoms with Gasteiger partial charge in [0.15, 0.2) is 0 Å². The Morgan fingerprint density at radius 2 is 1.89 bits per heavy atom. The zero-order valence-electron chi connectivity index (χ0n) is 11.5. The van der Waals surface area contributed by atoms with Gasteiger partial charge in [-0.05, 0) is 38.8 Å². The first-order valence-corrected chi connectivity index (χ1v) is 6.10. The van der Waals surface area contributed by atoms with E-state index in [0.717, 1.165) is 11.1 Å². The molecule has 100 valence electrons. The third-order valence-electron chi connectivity index (χ3n) is 2.45. The monoisotopic (exact) mass is 250 g/mol. The number of rotatable bonds is 3. The quantitative estimate of drug-likeness (QED) is 0.867. The maximum Gasteiger partial charge on any atom is 0.408 e. The number of alkyl carbamates (subject to hydrolysis) is 1. The minimum absolute atomic E-state index is 0.0910. The Labute approximate surface area is 109 Å². The smallest absolute Gasteiger partial charge is 0.408 e. The summed E-state index contributed by atoms with van der Waals surface area (Å²) in [7, 11) is 0. The van der Waals surface area contributed by atoms with E-state index in [2.05, 4.69) is 5.32 Å². The van der Waals surface area contributed by atoms with Gasteiger partial charge < -0.3 is 15.8 Å². The first kappa shape index (κ1) is 14.5. The van der Waals surface area contributed by atoms with Crippen molar-refractivity contribution in [2.75, 3.05) is 0 Å². The van der Waals surface area contributed by atoms with E-state index >= 15 is 0 Å². The van der Waals surface area contributed by atoms with Gasteiger partial charge in [-0.2, -0.15) is 0 Å². The molecule has 0 spiro atoms. The van der Waals surface area contributed by atoms with Gasteiger partial charge in [0.2, 0.25) is 0 Å². The van der Waals surface area contributed by atoms with Gasteiger partial charge in [-0.3, -0.25) is 0 Å². The molecule has 4 nitrogen and oxygen atoms in total. The third kappa shape index (κ3) is 4.75. The van der Waals surface area contributed by atoms with E-state index in [-0.39, 0.29) is 6.04 Å². The maximum absolute atomic E-state index is 11.6. The molecule has 1 rings (SSSR count). The van der Waals surface area contributed by atoms with Crippen LogP contribution in [0.5, 0.6) is 0 Å². The number of benzene rings is 1. The summed E-state index contributed by atoms with van der Waals surface area (Å²) < 4.78 is 5.20. The molecular formula is C14H22N2O2. The summed E-state index contributed by atoms with van der Waals surface area (Å²) in [6.45, 7) is 7.96. The number of hydrogen-bond acceptors (Lipinski definition) is 3. The van der Waals surface area contributed by atoms with Crippen LogP contribution in [0, 0.1) is 0 Å². The Morgan fingerprint density at radius 1 is 1.33 bits per heavy atom. The lowest BCUT2D eigenvalue weighted by Crippen LogP contribution is -2.34. The van der Waals surface area contributed by atoms with Gasteiger partial charge in [-0.1, -0.05) is 24.3 Å². The molecule has 0 aliphatic carbocycles. The molecule has 1 aromatic carbocycles. The highest BCUT2D eigenvalue weighted by molar-refractivity contribution is 5.68. The van der Waals surface area contributed by atoms with E-state index in [0.29, 0.717) is 6.54 Å². The SMILES string of the molecule is C[C@@H](NC(=O)OC(C)(C)C)c1ccc(CN)cc1. The summed E-state index contributed by atoms with van der Waals surface area (Å²) in [6.07, 6.45) is -0.405. The molecule has 0 aliphatic heterocycles. The lowest BCUT2D eigenvalue weighted by Gasteiger charge is -2.22. The van der Waals surface area contributed by atoms with Gasteiger partial charge in [-0.25, -0.2) is 4.79 Å². The van der Waals surface area contributed by atoms with Gasteiger partial charge in [0.25, 0.3) is 0 Å². The average Bonchev–Trinajstić information content (AvgIpc) is 2.26. The summed E-state index contributed by atoms with van der Waals surface area (Å²) >= 11 is 0. The summed E-state index contributed by atoms with van der Waals surface area (Å²) in [5.41, 5.74) is 7.16. The van der Waals surface area contributed by atoms with Gasteiger partial charge in [0.1, 0.15) is 5.60 Å². The fourth-order valence-electron chi connectivity index (χ4n) is 1.51. The van der Waals surface area contributed by atoms with E-state index in [1.165, 1.54) is 0 Å². The van der Waals surface area contributed by atoms with Gasteiger partial charge in [-0.15, -0.1) is 0 Å². The molecule has 0 saturated heterocycles. The maximum atomic E-state index is 11.6. The van der Waals surface area contributed by atoms with Gasteiger partial charge >= 0.3 is 6.09 Å². The van der Waals surface area contributed by atoms with Crippen molar-refractivity contribution in [3.63, 3.8) is 0 Å². The van der Waals surface area contributed by atoms with Crippen LogP contribution in [-0.4, -0.2) is 11.7 Å². The van der Waals surface area contributed by atoms with Crippen LogP contribution in [0.4, 0.5) is 4.79 Å². The van der Waals surface area contributed by atoms with Crippen LogP contribution in [0.25, 0.3) is 0 Å². The van der Waals surface area contributed by atoms with Crippen molar-refractivity contribution < 1.29 is 9.53 Å². The number of ether oxygens (including phenoxy) is 1. The van der Waals surface area contributed by atoms with Crippen LogP contribution in [0.1, 0.15) is 44.9 Å². The van der Waals surface area contributed by atoms with Crippen LogP contribution < -0.4 is 11.1 Å². The number of hydrogen-bond donors (Lipinski definition) is 2. The van der Waals surface area contributed by atoms with E-state index in [1.54, 1.807) is 0 Å². The van der Waals surface area contributed by atoms with E-state index < -0.39 is 11.7 Å². The first-order valence-electron chi connectivity index (χ1n) is 6.10. The largest absolute Gasteiger partial charge is 0.444 e. The molecule has 1 amide bonds. The fourth-order valence-corrected chi connectivity index (χ4v) is 1.51. The topological polar surface area (TPSA) is 64.3 Å². The van der Waals surface area contributed by atoms with Crippen molar-refractivity contribution in [2.24, 2.45) is 5.73 Å². The average molecular weight is 250 g/mol. The molecule has 0 radical (unpaired) electrons. The second kappa shape index (κ2) is 5.87. The molecule has 1 atom stereocenters. The summed E-state index contributed by atoms with van der Waals surface area (Å²) in [6, 6.07) is 7.76. The molecule has 0 saturated carbocycles. The second-order valence-corrected chi connectivity index (χ2v) is 5.31. The number of carbonyl (C=O) groups is 1. The van der Waals surface area contributed by atoms with E-state index in [4.69, 9.17) is 10.5 Å². The summed E-state index contributed by atoms with van der Waals surface area (Å²) in [4.78, 5) is 11.6. The molecule has 18 heavy (non-hydrogen) atoms. The standard InChI is InChI=1S/C14H22N2O2/c1-10(16-13(17)18-14(2,3)4)12-7-5-11(9-15)6-8-12/h5-8,10H,9,15H2,1-4H3,(H,16,17)/t10-/m1/s1. The van der Waals surface area contributed by atoms with Gasteiger partial charge in [0.05, 0.1) is 6.04 Å². The zero-order chi connectivity index (χ0) is 13.8. The van der Waals surface area contributed by atoms with Crippen molar-refractivity contribution in [2.45, 2.75) is 45.9 Å². The predicted molar refractivity (Wildman–Crippen MR) is 72.1 cm³/mol. The first-order chi connectivity index (χ1) is 8.31. The minimum Gasteiger partial charge on any atom is -0.444 e.